The van der Waals surface area contributed by atoms with E-state index in [1.54, 1.807) is 7.11 Å². The van der Waals surface area contributed by atoms with Crippen LogP contribution < -0.4 is 10.6 Å². The molecule has 1 aliphatic carbocycles. The number of rotatable bonds is 7. The van der Waals surface area contributed by atoms with E-state index in [0.29, 0.717) is 13.2 Å². The Labute approximate surface area is 96.6 Å². The number of aliphatic hydroxyl groups is 1. The molecule has 94 valence electrons. The van der Waals surface area contributed by atoms with Gasteiger partial charge in [0.05, 0.1) is 6.61 Å². The highest BCUT2D eigenvalue weighted by molar-refractivity contribution is 5.74. The average Bonchev–Trinajstić information content (AvgIpc) is 3.04. The number of carbonyl (C=O) groups is 1. The van der Waals surface area contributed by atoms with E-state index >= 15 is 0 Å². The largest absolute Gasteiger partial charge is 0.396 e. The van der Waals surface area contributed by atoms with Gasteiger partial charge in [0.2, 0.25) is 0 Å². The van der Waals surface area contributed by atoms with Crippen LogP contribution >= 0.6 is 0 Å². The lowest BCUT2D eigenvalue weighted by atomic mass is 10.1. The predicted octanol–water partition coefficient (Wildman–Crippen LogP) is 0.483. The van der Waals surface area contributed by atoms with Crippen molar-refractivity contribution in [3.05, 3.63) is 0 Å². The third-order valence-electron chi connectivity index (χ3n) is 3.05. The van der Waals surface area contributed by atoms with Crippen molar-refractivity contribution in [1.29, 1.82) is 0 Å². The number of amides is 2. The summed E-state index contributed by atoms with van der Waals surface area (Å²) in [5.41, 5.74) is -0.0346. The molecule has 16 heavy (non-hydrogen) atoms. The van der Waals surface area contributed by atoms with Crippen LogP contribution in [-0.4, -0.2) is 44.0 Å². The Morgan fingerprint density at radius 2 is 2.25 bits per heavy atom. The third-order valence-corrected chi connectivity index (χ3v) is 3.05. The average molecular weight is 230 g/mol. The van der Waals surface area contributed by atoms with Gasteiger partial charge < -0.3 is 20.5 Å². The molecular formula is C11H22N2O3. The quantitative estimate of drug-likeness (QED) is 0.596. The fourth-order valence-electron chi connectivity index (χ4n) is 1.48. The van der Waals surface area contributed by atoms with Crippen LogP contribution in [-0.2, 0) is 4.74 Å². The zero-order chi connectivity index (χ0) is 12.0. The Kier molecular flexibility index (Phi) is 5.02. The van der Waals surface area contributed by atoms with E-state index in [2.05, 4.69) is 10.6 Å². The minimum Gasteiger partial charge on any atom is -0.396 e. The van der Waals surface area contributed by atoms with Crippen LogP contribution in [0.5, 0.6) is 0 Å². The van der Waals surface area contributed by atoms with Gasteiger partial charge in [-0.2, -0.15) is 0 Å². The molecule has 1 saturated carbocycles. The number of hydrogen-bond donors (Lipinski definition) is 3. The Morgan fingerprint density at radius 1 is 1.56 bits per heavy atom. The van der Waals surface area contributed by atoms with Crippen LogP contribution in [0.1, 0.15) is 26.2 Å². The van der Waals surface area contributed by atoms with Gasteiger partial charge in [0, 0.05) is 31.7 Å². The standard InChI is InChI=1S/C11H22N2O3/c1-9(3-6-16-2)13-10(15)12-7-11(8-14)4-5-11/h9,14H,3-8H2,1-2H3,(H2,12,13,15). The molecule has 0 bridgehead atoms. The molecule has 0 aromatic rings. The van der Waals surface area contributed by atoms with E-state index in [1.165, 1.54) is 0 Å². The molecule has 2 amide bonds. The first-order valence-corrected chi connectivity index (χ1v) is 5.76. The molecule has 1 fully saturated rings. The van der Waals surface area contributed by atoms with Crippen molar-refractivity contribution in [1.82, 2.24) is 10.6 Å². The first-order valence-electron chi connectivity index (χ1n) is 5.76. The van der Waals surface area contributed by atoms with Crippen molar-refractivity contribution >= 4 is 6.03 Å². The number of urea groups is 1. The number of ether oxygens (including phenoxy) is 1. The molecule has 0 saturated heterocycles. The first-order chi connectivity index (χ1) is 7.62. The van der Waals surface area contributed by atoms with E-state index in [9.17, 15) is 4.79 Å². The summed E-state index contributed by atoms with van der Waals surface area (Å²) in [5, 5.41) is 14.7. The minimum atomic E-state index is -0.164. The second-order valence-corrected chi connectivity index (χ2v) is 4.67. The predicted molar refractivity (Wildman–Crippen MR) is 61.2 cm³/mol. The fraction of sp³-hybridized carbons (Fsp3) is 0.909. The van der Waals surface area contributed by atoms with Gasteiger partial charge in [-0.05, 0) is 26.2 Å². The topological polar surface area (TPSA) is 70.6 Å². The van der Waals surface area contributed by atoms with Crippen LogP contribution in [0, 0.1) is 5.41 Å². The highest BCUT2D eigenvalue weighted by Crippen LogP contribution is 2.44. The molecule has 3 N–H and O–H groups in total. The zero-order valence-electron chi connectivity index (χ0n) is 10.1. The van der Waals surface area contributed by atoms with Gasteiger partial charge in [-0.25, -0.2) is 4.79 Å². The van der Waals surface area contributed by atoms with Crippen molar-refractivity contribution in [3.8, 4) is 0 Å². The summed E-state index contributed by atoms with van der Waals surface area (Å²) in [6, 6.07) is -0.0624. The Bertz CT molecular complexity index is 229. The minimum absolute atomic E-state index is 0.0346. The summed E-state index contributed by atoms with van der Waals surface area (Å²) in [4.78, 5) is 11.5. The highest BCUT2D eigenvalue weighted by atomic mass is 16.5. The van der Waals surface area contributed by atoms with Crippen LogP contribution in [0.15, 0.2) is 0 Å². The summed E-state index contributed by atoms with van der Waals surface area (Å²) in [6.45, 7) is 3.30. The molecular weight excluding hydrogens is 208 g/mol. The fourth-order valence-corrected chi connectivity index (χ4v) is 1.48. The summed E-state index contributed by atoms with van der Waals surface area (Å²) in [6.07, 6.45) is 2.81. The van der Waals surface area contributed by atoms with Gasteiger partial charge in [-0.1, -0.05) is 0 Å². The van der Waals surface area contributed by atoms with Crippen LogP contribution in [0.3, 0.4) is 0 Å². The summed E-state index contributed by atoms with van der Waals surface area (Å²) >= 11 is 0. The monoisotopic (exact) mass is 230 g/mol. The molecule has 0 heterocycles. The number of hydrogen-bond acceptors (Lipinski definition) is 3. The van der Waals surface area contributed by atoms with Gasteiger partial charge in [-0.3, -0.25) is 0 Å². The molecule has 1 unspecified atom stereocenters. The molecule has 5 heteroatoms. The number of nitrogens with one attached hydrogen (secondary N) is 2. The van der Waals surface area contributed by atoms with Gasteiger partial charge in [0.25, 0.3) is 0 Å². The number of carbonyl (C=O) groups excluding carboxylic acids is 1. The maximum Gasteiger partial charge on any atom is 0.315 e. The Hall–Kier alpha value is -0.810. The molecule has 0 aliphatic heterocycles. The lowest BCUT2D eigenvalue weighted by molar-refractivity contribution is 0.182. The SMILES string of the molecule is COCCC(C)NC(=O)NCC1(CO)CC1. The van der Waals surface area contributed by atoms with E-state index in [0.717, 1.165) is 19.3 Å². The third kappa shape index (κ3) is 4.37. The molecule has 0 aromatic carbocycles. The van der Waals surface area contributed by atoms with Crippen LogP contribution in [0.25, 0.3) is 0 Å². The zero-order valence-corrected chi connectivity index (χ0v) is 10.1. The number of methoxy groups -OCH3 is 1. The van der Waals surface area contributed by atoms with Gasteiger partial charge in [0.15, 0.2) is 0 Å². The van der Waals surface area contributed by atoms with Gasteiger partial charge in [-0.15, -0.1) is 0 Å². The lowest BCUT2D eigenvalue weighted by Gasteiger charge is -2.16. The van der Waals surface area contributed by atoms with Crippen LogP contribution in [0.4, 0.5) is 4.79 Å². The summed E-state index contributed by atoms with van der Waals surface area (Å²) < 4.78 is 4.93. The maximum atomic E-state index is 11.5. The van der Waals surface area contributed by atoms with Crippen molar-refractivity contribution in [2.45, 2.75) is 32.2 Å². The van der Waals surface area contributed by atoms with E-state index in [1.807, 2.05) is 6.92 Å². The normalized spacial score (nSPS) is 18.9. The van der Waals surface area contributed by atoms with E-state index < -0.39 is 0 Å². The van der Waals surface area contributed by atoms with Gasteiger partial charge in [0.1, 0.15) is 0 Å². The molecule has 1 atom stereocenters. The summed E-state index contributed by atoms with van der Waals surface area (Å²) in [5.74, 6) is 0. The van der Waals surface area contributed by atoms with E-state index in [4.69, 9.17) is 9.84 Å². The van der Waals surface area contributed by atoms with Crippen molar-refractivity contribution in [3.63, 3.8) is 0 Å². The lowest BCUT2D eigenvalue weighted by Crippen LogP contribution is -2.43. The maximum absolute atomic E-state index is 11.5. The Morgan fingerprint density at radius 3 is 2.75 bits per heavy atom. The first kappa shape index (κ1) is 13.3. The molecule has 5 nitrogen and oxygen atoms in total. The molecule has 0 spiro atoms. The number of aliphatic hydroxyl groups excluding tert-OH is 1. The second-order valence-electron chi connectivity index (χ2n) is 4.67. The molecule has 0 radical (unpaired) electrons. The molecule has 1 rings (SSSR count). The van der Waals surface area contributed by atoms with Gasteiger partial charge >= 0.3 is 6.03 Å². The van der Waals surface area contributed by atoms with Crippen LogP contribution in [0.2, 0.25) is 0 Å². The van der Waals surface area contributed by atoms with Crippen molar-refractivity contribution < 1.29 is 14.6 Å². The highest BCUT2D eigenvalue weighted by Gasteiger charge is 2.42. The molecule has 0 aromatic heterocycles. The van der Waals surface area contributed by atoms with Crippen molar-refractivity contribution in [2.75, 3.05) is 26.9 Å². The smallest absolute Gasteiger partial charge is 0.315 e. The summed E-state index contributed by atoms with van der Waals surface area (Å²) in [7, 11) is 1.64. The molecule has 1 aliphatic rings. The second kappa shape index (κ2) is 6.06. The van der Waals surface area contributed by atoms with Crippen molar-refractivity contribution in [2.24, 2.45) is 5.41 Å². The Balaban J connectivity index is 2.10. The van der Waals surface area contributed by atoms with E-state index in [-0.39, 0.29) is 24.1 Å².